The zero-order valence-electron chi connectivity index (χ0n) is 11.9. The van der Waals surface area contributed by atoms with Crippen molar-refractivity contribution in [2.45, 2.75) is 13.3 Å². The number of fused-ring (bicyclic) bond motifs is 2. The van der Waals surface area contributed by atoms with Crippen LogP contribution in [-0.2, 0) is 9.59 Å². The second kappa shape index (κ2) is 5.57. The Bertz CT molecular complexity index is 666. The average Bonchev–Trinajstić information content (AvgIpc) is 3.18. The lowest BCUT2D eigenvalue weighted by molar-refractivity contribution is -0.148. The van der Waals surface area contributed by atoms with E-state index >= 15 is 0 Å². The Labute approximate surface area is 131 Å². The molecule has 1 saturated carbocycles. The van der Waals surface area contributed by atoms with Crippen molar-refractivity contribution >= 4 is 29.1 Å². The van der Waals surface area contributed by atoms with E-state index in [-0.39, 0.29) is 11.8 Å². The SMILES string of the molecule is Cc1cc(C(=O)NNC(=O)[C@@H]2[C@H](C(=O)O)[C@H]3C=C[C@H]2C3)cs1. The number of hydrogen-bond acceptors (Lipinski definition) is 4. The Balaban J connectivity index is 1.63. The molecule has 2 aliphatic carbocycles. The minimum absolute atomic E-state index is 0.0635. The minimum atomic E-state index is -0.961. The first-order valence-electron chi connectivity index (χ1n) is 7.04. The summed E-state index contributed by atoms with van der Waals surface area (Å²) in [7, 11) is 0. The molecule has 1 fully saturated rings. The fraction of sp³-hybridized carbons (Fsp3) is 0.400. The van der Waals surface area contributed by atoms with Gasteiger partial charge < -0.3 is 5.11 Å². The average molecular weight is 320 g/mol. The number of nitrogens with one attached hydrogen (secondary N) is 2. The summed E-state index contributed by atoms with van der Waals surface area (Å²) >= 11 is 1.45. The van der Waals surface area contributed by atoms with Crippen LogP contribution in [0.3, 0.4) is 0 Å². The van der Waals surface area contributed by atoms with E-state index in [1.165, 1.54) is 11.3 Å². The maximum absolute atomic E-state index is 12.3. The number of thiophene rings is 1. The Morgan fingerprint density at radius 1 is 1.18 bits per heavy atom. The number of aryl methyl sites for hydroxylation is 1. The monoisotopic (exact) mass is 320 g/mol. The smallest absolute Gasteiger partial charge is 0.307 e. The zero-order chi connectivity index (χ0) is 15.9. The van der Waals surface area contributed by atoms with Gasteiger partial charge in [-0.05, 0) is 31.2 Å². The van der Waals surface area contributed by atoms with Crippen molar-refractivity contribution in [3.05, 3.63) is 34.0 Å². The third kappa shape index (κ3) is 2.52. The van der Waals surface area contributed by atoms with E-state index < -0.39 is 29.6 Å². The number of aliphatic carboxylic acids is 1. The number of carboxylic acids is 1. The molecule has 1 heterocycles. The first-order chi connectivity index (χ1) is 10.5. The Morgan fingerprint density at radius 2 is 1.86 bits per heavy atom. The molecule has 0 unspecified atom stereocenters. The first-order valence-corrected chi connectivity index (χ1v) is 7.92. The van der Waals surface area contributed by atoms with Crippen LogP contribution < -0.4 is 10.9 Å². The first kappa shape index (κ1) is 14.8. The van der Waals surface area contributed by atoms with Crippen molar-refractivity contribution in [2.24, 2.45) is 23.7 Å². The van der Waals surface area contributed by atoms with E-state index in [0.717, 1.165) is 4.88 Å². The summed E-state index contributed by atoms with van der Waals surface area (Å²) < 4.78 is 0. The van der Waals surface area contributed by atoms with Crippen LogP contribution in [0.15, 0.2) is 23.6 Å². The third-order valence-electron chi connectivity index (χ3n) is 4.34. The van der Waals surface area contributed by atoms with Gasteiger partial charge in [-0.1, -0.05) is 12.2 Å². The lowest BCUT2D eigenvalue weighted by atomic mass is 9.82. The predicted octanol–water partition coefficient (Wildman–Crippen LogP) is 1.34. The maximum Gasteiger partial charge on any atom is 0.307 e. The van der Waals surface area contributed by atoms with Crippen molar-refractivity contribution in [2.75, 3.05) is 0 Å². The molecule has 1 aromatic rings. The summed E-state index contributed by atoms with van der Waals surface area (Å²) in [6.07, 6.45) is 4.46. The zero-order valence-corrected chi connectivity index (χ0v) is 12.7. The molecule has 7 heteroatoms. The molecule has 0 aromatic carbocycles. The molecule has 0 aliphatic heterocycles. The number of carbonyl (C=O) groups excluding carboxylic acids is 2. The van der Waals surface area contributed by atoms with Crippen molar-refractivity contribution in [1.29, 1.82) is 0 Å². The van der Waals surface area contributed by atoms with E-state index in [1.807, 2.05) is 19.1 Å². The molecular weight excluding hydrogens is 304 g/mol. The summed E-state index contributed by atoms with van der Waals surface area (Å²) in [5.41, 5.74) is 5.21. The van der Waals surface area contributed by atoms with Crippen molar-refractivity contribution in [3.63, 3.8) is 0 Å². The minimum Gasteiger partial charge on any atom is -0.481 e. The molecule has 3 N–H and O–H groups in total. The number of hydrogen-bond donors (Lipinski definition) is 3. The Kier molecular flexibility index (Phi) is 3.74. The van der Waals surface area contributed by atoms with E-state index in [0.29, 0.717) is 12.0 Å². The summed E-state index contributed by atoms with van der Waals surface area (Å²) in [6, 6.07) is 1.73. The molecule has 4 atom stereocenters. The summed E-state index contributed by atoms with van der Waals surface area (Å²) in [5.74, 6) is -3.29. The number of rotatable bonds is 3. The van der Waals surface area contributed by atoms with Gasteiger partial charge in [-0.15, -0.1) is 11.3 Å². The van der Waals surface area contributed by atoms with E-state index in [4.69, 9.17) is 0 Å². The highest BCUT2D eigenvalue weighted by Crippen LogP contribution is 2.48. The fourth-order valence-electron chi connectivity index (χ4n) is 3.35. The van der Waals surface area contributed by atoms with E-state index in [2.05, 4.69) is 10.9 Å². The standard InChI is InChI=1S/C15H16N2O4S/c1-7-4-10(6-22-7)13(18)16-17-14(19)11-8-2-3-9(5-8)12(11)15(20)21/h2-4,6,8-9,11-12H,5H2,1H3,(H,16,18)(H,17,19)(H,20,21)/t8-,9-,11-,12+/m0/s1. The molecule has 0 radical (unpaired) electrons. The van der Waals surface area contributed by atoms with Crippen LogP contribution in [0, 0.1) is 30.6 Å². The van der Waals surface area contributed by atoms with Crippen LogP contribution in [0.4, 0.5) is 0 Å². The van der Waals surface area contributed by atoms with Gasteiger partial charge in [0.1, 0.15) is 0 Å². The van der Waals surface area contributed by atoms with Gasteiger partial charge in [-0.25, -0.2) is 0 Å². The Morgan fingerprint density at radius 3 is 2.45 bits per heavy atom. The maximum atomic E-state index is 12.3. The molecule has 22 heavy (non-hydrogen) atoms. The second-order valence-corrected chi connectivity index (χ2v) is 6.84. The lowest BCUT2D eigenvalue weighted by Crippen LogP contribution is -2.48. The van der Waals surface area contributed by atoms with Crippen LogP contribution in [0.2, 0.25) is 0 Å². The van der Waals surface area contributed by atoms with Gasteiger partial charge in [0.25, 0.3) is 5.91 Å². The van der Waals surface area contributed by atoms with Crippen LogP contribution in [0.25, 0.3) is 0 Å². The highest BCUT2D eigenvalue weighted by Gasteiger charge is 2.51. The highest BCUT2D eigenvalue weighted by molar-refractivity contribution is 7.10. The van der Waals surface area contributed by atoms with Gasteiger partial charge in [0.2, 0.25) is 5.91 Å². The van der Waals surface area contributed by atoms with Gasteiger partial charge in [0.05, 0.1) is 17.4 Å². The highest BCUT2D eigenvalue weighted by atomic mass is 32.1. The van der Waals surface area contributed by atoms with Gasteiger partial charge in [0, 0.05) is 10.3 Å². The quantitative estimate of drug-likeness (QED) is 0.578. The molecule has 6 nitrogen and oxygen atoms in total. The number of amides is 2. The molecule has 1 aromatic heterocycles. The summed E-state index contributed by atoms with van der Waals surface area (Å²) in [4.78, 5) is 36.5. The lowest BCUT2D eigenvalue weighted by Gasteiger charge is -2.23. The van der Waals surface area contributed by atoms with Crippen LogP contribution in [0.1, 0.15) is 21.7 Å². The third-order valence-corrected chi connectivity index (χ3v) is 5.20. The number of carboxylic acid groups (broad SMARTS) is 1. The van der Waals surface area contributed by atoms with Crippen LogP contribution >= 0.6 is 11.3 Å². The van der Waals surface area contributed by atoms with Crippen molar-refractivity contribution < 1.29 is 19.5 Å². The second-order valence-electron chi connectivity index (χ2n) is 5.73. The molecule has 0 spiro atoms. The number of allylic oxidation sites excluding steroid dienone is 2. The van der Waals surface area contributed by atoms with E-state index in [1.54, 1.807) is 11.4 Å². The predicted molar refractivity (Wildman–Crippen MR) is 80.0 cm³/mol. The Hall–Kier alpha value is -2.15. The molecule has 2 aliphatic rings. The summed E-state index contributed by atoms with van der Waals surface area (Å²) in [5, 5.41) is 11.0. The van der Waals surface area contributed by atoms with Gasteiger partial charge in [-0.2, -0.15) is 0 Å². The molecule has 116 valence electrons. The number of hydrazine groups is 1. The molecule has 3 rings (SSSR count). The molecule has 2 bridgehead atoms. The topological polar surface area (TPSA) is 95.5 Å². The van der Waals surface area contributed by atoms with Gasteiger partial charge >= 0.3 is 5.97 Å². The van der Waals surface area contributed by atoms with Crippen LogP contribution in [-0.4, -0.2) is 22.9 Å². The van der Waals surface area contributed by atoms with Crippen LogP contribution in [0.5, 0.6) is 0 Å². The van der Waals surface area contributed by atoms with Crippen molar-refractivity contribution in [1.82, 2.24) is 10.9 Å². The molecular formula is C15H16N2O4S. The van der Waals surface area contributed by atoms with E-state index in [9.17, 15) is 19.5 Å². The van der Waals surface area contributed by atoms with Gasteiger partial charge in [-0.3, -0.25) is 25.2 Å². The normalized spacial score (nSPS) is 28.6. The molecule has 2 amide bonds. The van der Waals surface area contributed by atoms with Gasteiger partial charge in [0.15, 0.2) is 0 Å². The fourth-order valence-corrected chi connectivity index (χ4v) is 4.04. The van der Waals surface area contributed by atoms with Crippen molar-refractivity contribution in [3.8, 4) is 0 Å². The largest absolute Gasteiger partial charge is 0.481 e. The summed E-state index contributed by atoms with van der Waals surface area (Å²) in [6.45, 7) is 1.89. The number of carbonyl (C=O) groups is 3. The molecule has 0 saturated heterocycles.